The van der Waals surface area contributed by atoms with Crippen LogP contribution in [0.2, 0.25) is 0 Å². The van der Waals surface area contributed by atoms with Gasteiger partial charge in [0.25, 0.3) is 0 Å². The van der Waals surface area contributed by atoms with Gasteiger partial charge in [-0.05, 0) is 62.1 Å². The molecule has 0 spiro atoms. The topological polar surface area (TPSA) is 58.2 Å². The molecule has 0 aliphatic rings. The van der Waals surface area contributed by atoms with E-state index in [1.807, 2.05) is 70.2 Å². The molecule has 0 aliphatic heterocycles. The van der Waals surface area contributed by atoms with E-state index in [-0.39, 0.29) is 17.1 Å². The average molecular weight is 385 g/mol. The van der Waals surface area contributed by atoms with Crippen molar-refractivity contribution in [1.29, 1.82) is 0 Å². The third-order valence-electron chi connectivity index (χ3n) is 4.40. The molecule has 144 valence electrons. The minimum absolute atomic E-state index is 0.00313. The number of aryl methyl sites for hydroxylation is 1. The van der Waals surface area contributed by atoms with Gasteiger partial charge in [0.1, 0.15) is 0 Å². The first-order valence-electron chi connectivity index (χ1n) is 9.38. The van der Waals surface area contributed by atoms with Crippen LogP contribution < -0.4 is 10.6 Å². The highest BCUT2D eigenvalue weighted by Crippen LogP contribution is 2.29. The van der Waals surface area contributed by atoms with Gasteiger partial charge in [0.15, 0.2) is 0 Å². The number of amides is 2. The summed E-state index contributed by atoms with van der Waals surface area (Å²) in [5.41, 5.74) is 3.87. The summed E-state index contributed by atoms with van der Waals surface area (Å²) in [6, 6.07) is 13.6. The van der Waals surface area contributed by atoms with Crippen LogP contribution in [0.5, 0.6) is 0 Å². The molecule has 0 fully saturated rings. The molecule has 5 heteroatoms. The Morgan fingerprint density at radius 3 is 2.48 bits per heavy atom. The highest BCUT2D eigenvalue weighted by atomic mass is 32.2. The van der Waals surface area contributed by atoms with Gasteiger partial charge < -0.3 is 10.6 Å². The zero-order valence-corrected chi connectivity index (χ0v) is 17.3. The lowest BCUT2D eigenvalue weighted by atomic mass is 10.1. The predicted molar refractivity (Wildman–Crippen MR) is 114 cm³/mol. The zero-order valence-electron chi connectivity index (χ0n) is 16.5. The Morgan fingerprint density at radius 2 is 1.78 bits per heavy atom. The summed E-state index contributed by atoms with van der Waals surface area (Å²) in [5.74, 6) is 0.0102. The van der Waals surface area contributed by atoms with Crippen LogP contribution in [0.1, 0.15) is 44.2 Å². The van der Waals surface area contributed by atoms with Crippen molar-refractivity contribution in [1.82, 2.24) is 0 Å². The van der Waals surface area contributed by atoms with E-state index in [2.05, 4.69) is 10.6 Å². The third kappa shape index (κ3) is 6.14. The van der Waals surface area contributed by atoms with Crippen LogP contribution in [0.25, 0.3) is 0 Å². The fraction of sp³-hybridized carbons (Fsp3) is 0.364. The largest absolute Gasteiger partial charge is 0.326 e. The average Bonchev–Trinajstić information content (AvgIpc) is 2.64. The molecular weight excluding hydrogens is 356 g/mol. The molecule has 1 atom stereocenters. The first kappa shape index (κ1) is 21.0. The second kappa shape index (κ2) is 10.2. The zero-order chi connectivity index (χ0) is 19.8. The van der Waals surface area contributed by atoms with Gasteiger partial charge in [0.05, 0.1) is 5.25 Å². The molecule has 27 heavy (non-hydrogen) atoms. The van der Waals surface area contributed by atoms with E-state index in [1.165, 1.54) is 11.8 Å². The Hall–Kier alpha value is -2.27. The van der Waals surface area contributed by atoms with Crippen molar-refractivity contribution in [3.63, 3.8) is 0 Å². The van der Waals surface area contributed by atoms with Crippen LogP contribution >= 0.6 is 11.8 Å². The van der Waals surface area contributed by atoms with Crippen molar-refractivity contribution < 1.29 is 9.59 Å². The van der Waals surface area contributed by atoms with Gasteiger partial charge in [-0.25, -0.2) is 0 Å². The maximum atomic E-state index is 12.8. The van der Waals surface area contributed by atoms with Crippen molar-refractivity contribution in [3.05, 3.63) is 53.6 Å². The molecule has 0 saturated carbocycles. The van der Waals surface area contributed by atoms with E-state index in [0.29, 0.717) is 12.8 Å². The second-order valence-corrected chi connectivity index (χ2v) is 7.85. The highest BCUT2D eigenvalue weighted by Gasteiger charge is 2.19. The molecule has 4 nitrogen and oxygen atoms in total. The maximum Gasteiger partial charge on any atom is 0.237 e. The number of anilines is 2. The smallest absolute Gasteiger partial charge is 0.237 e. The van der Waals surface area contributed by atoms with Gasteiger partial charge in [-0.1, -0.05) is 32.0 Å². The van der Waals surface area contributed by atoms with E-state index in [1.54, 1.807) is 0 Å². The van der Waals surface area contributed by atoms with Crippen molar-refractivity contribution in [3.8, 4) is 0 Å². The first-order valence-corrected chi connectivity index (χ1v) is 10.3. The van der Waals surface area contributed by atoms with E-state index in [0.717, 1.165) is 33.8 Å². The fourth-order valence-corrected chi connectivity index (χ4v) is 3.70. The SMILES string of the molecule is CCCC(=O)Nc1cccc(SC(CC)C(=O)Nc2cccc(C)c2C)c1. The number of hydrogen-bond donors (Lipinski definition) is 2. The monoisotopic (exact) mass is 384 g/mol. The third-order valence-corrected chi connectivity index (χ3v) is 5.76. The summed E-state index contributed by atoms with van der Waals surface area (Å²) in [4.78, 5) is 25.5. The summed E-state index contributed by atoms with van der Waals surface area (Å²) in [6.07, 6.45) is 2.04. The van der Waals surface area contributed by atoms with E-state index in [4.69, 9.17) is 0 Å². The minimum Gasteiger partial charge on any atom is -0.326 e. The van der Waals surface area contributed by atoms with Gasteiger partial charge in [-0.15, -0.1) is 11.8 Å². The lowest BCUT2D eigenvalue weighted by Crippen LogP contribution is -2.25. The van der Waals surface area contributed by atoms with E-state index in [9.17, 15) is 9.59 Å². The van der Waals surface area contributed by atoms with Gasteiger partial charge in [-0.2, -0.15) is 0 Å². The molecule has 2 rings (SSSR count). The van der Waals surface area contributed by atoms with Crippen LogP contribution in [-0.2, 0) is 9.59 Å². The molecule has 2 aromatic rings. The molecule has 0 saturated heterocycles. The summed E-state index contributed by atoms with van der Waals surface area (Å²) in [7, 11) is 0. The predicted octanol–water partition coefficient (Wildman–Crippen LogP) is 5.55. The van der Waals surface area contributed by atoms with Crippen LogP contribution in [0, 0.1) is 13.8 Å². The highest BCUT2D eigenvalue weighted by molar-refractivity contribution is 8.00. The second-order valence-electron chi connectivity index (χ2n) is 6.58. The number of carbonyl (C=O) groups excluding carboxylic acids is 2. The Labute approximate surface area is 166 Å². The molecule has 0 bridgehead atoms. The number of benzene rings is 2. The molecule has 0 aromatic heterocycles. The van der Waals surface area contributed by atoms with E-state index < -0.39 is 0 Å². The fourth-order valence-electron chi connectivity index (χ4n) is 2.68. The van der Waals surface area contributed by atoms with Gasteiger partial charge in [0.2, 0.25) is 11.8 Å². The molecule has 0 heterocycles. The van der Waals surface area contributed by atoms with Gasteiger partial charge in [0, 0.05) is 22.7 Å². The Bertz CT molecular complexity index is 805. The quantitative estimate of drug-likeness (QED) is 0.587. The Kier molecular flexibility index (Phi) is 7.92. The molecule has 2 amide bonds. The van der Waals surface area contributed by atoms with Gasteiger partial charge in [-0.3, -0.25) is 9.59 Å². The Balaban J connectivity index is 2.06. The lowest BCUT2D eigenvalue weighted by Gasteiger charge is -2.17. The molecule has 0 radical (unpaired) electrons. The normalized spacial score (nSPS) is 11.7. The van der Waals surface area contributed by atoms with Crippen LogP contribution in [0.4, 0.5) is 11.4 Å². The number of carbonyl (C=O) groups is 2. The van der Waals surface area contributed by atoms with Crippen molar-refractivity contribution in [2.24, 2.45) is 0 Å². The van der Waals surface area contributed by atoms with Crippen molar-refractivity contribution in [2.75, 3.05) is 10.6 Å². The van der Waals surface area contributed by atoms with E-state index >= 15 is 0 Å². The maximum absolute atomic E-state index is 12.8. The molecule has 2 N–H and O–H groups in total. The first-order chi connectivity index (χ1) is 12.9. The molecule has 0 aliphatic carbocycles. The summed E-state index contributed by atoms with van der Waals surface area (Å²) < 4.78 is 0. The number of hydrogen-bond acceptors (Lipinski definition) is 3. The van der Waals surface area contributed by atoms with Crippen LogP contribution in [0.15, 0.2) is 47.4 Å². The number of thioether (sulfide) groups is 1. The molecule has 1 unspecified atom stereocenters. The minimum atomic E-state index is -0.202. The Morgan fingerprint density at radius 1 is 1.04 bits per heavy atom. The summed E-state index contributed by atoms with van der Waals surface area (Å²) in [5, 5.41) is 5.76. The summed E-state index contributed by atoms with van der Waals surface area (Å²) >= 11 is 1.52. The van der Waals surface area contributed by atoms with Crippen molar-refractivity contribution >= 4 is 35.0 Å². The number of nitrogens with one attached hydrogen (secondary N) is 2. The van der Waals surface area contributed by atoms with Crippen LogP contribution in [-0.4, -0.2) is 17.1 Å². The van der Waals surface area contributed by atoms with Crippen LogP contribution in [0.3, 0.4) is 0 Å². The lowest BCUT2D eigenvalue weighted by molar-refractivity contribution is -0.116. The molecular formula is C22H28N2O2S. The van der Waals surface area contributed by atoms with Crippen molar-refractivity contribution in [2.45, 2.75) is 57.1 Å². The summed E-state index contributed by atoms with van der Waals surface area (Å²) in [6.45, 7) is 8.04. The number of rotatable bonds is 8. The molecule has 2 aromatic carbocycles. The standard InChI is InChI=1S/C22H28N2O2S/c1-5-9-21(25)23-17-11-8-12-18(14-17)27-20(6-2)22(26)24-19-13-7-10-15(3)16(19)4/h7-8,10-14,20H,5-6,9H2,1-4H3,(H,23,25)(H,24,26). The van der Waals surface area contributed by atoms with Gasteiger partial charge >= 0.3 is 0 Å².